The highest BCUT2D eigenvalue weighted by Crippen LogP contribution is 2.38. The highest BCUT2D eigenvalue weighted by Gasteiger charge is 2.22. The Labute approximate surface area is 505 Å². The second-order valence-electron chi connectivity index (χ2n) is 26.0. The van der Waals surface area contributed by atoms with Crippen LogP contribution >= 0.6 is 7.82 Å². The first-order chi connectivity index (χ1) is 39.5. The van der Waals surface area contributed by atoms with Crippen LogP contribution in [-0.4, -0.2) is 70.0 Å². The van der Waals surface area contributed by atoms with Crippen LogP contribution in [0.15, 0.2) is 12.2 Å². The van der Waals surface area contributed by atoms with Crippen LogP contribution in [-0.2, 0) is 32.7 Å². The van der Waals surface area contributed by atoms with Crippen molar-refractivity contribution in [1.82, 2.24) is 0 Å². The van der Waals surface area contributed by atoms with Crippen LogP contribution in [0.25, 0.3) is 0 Å². The van der Waals surface area contributed by atoms with E-state index in [1.54, 1.807) is 0 Å². The molecule has 0 saturated carbocycles. The minimum atomic E-state index is -4.63. The van der Waals surface area contributed by atoms with Crippen LogP contribution in [0.3, 0.4) is 0 Å². The van der Waals surface area contributed by atoms with Gasteiger partial charge in [0.05, 0.1) is 27.7 Å². The van der Waals surface area contributed by atoms with Crippen molar-refractivity contribution in [3.8, 4) is 0 Å². The SMILES string of the molecule is CCCCCCCCCC/C=C\CCCCCCCCCCCCCCCCCCCCCCCCCC(=O)OC(COC(=O)CCCCCCCCCCCCCCCCCCCCCCCC)COP(=O)([O-])OCC[N+](C)(C)C. The Bertz CT molecular complexity index is 1370. The summed E-state index contributed by atoms with van der Waals surface area (Å²) >= 11 is 0. The highest BCUT2D eigenvalue weighted by molar-refractivity contribution is 7.45. The smallest absolute Gasteiger partial charge is 0.306 e. The van der Waals surface area contributed by atoms with E-state index in [4.69, 9.17) is 18.5 Å². The summed E-state index contributed by atoms with van der Waals surface area (Å²) in [5, 5.41) is 0. The standard InChI is InChI=1S/C71H140NO8P/c1-6-8-10-12-14-16-18-20-22-24-26-28-30-31-32-33-34-35-36-37-38-39-40-41-42-44-46-48-50-52-54-56-58-60-62-64-71(74)80-69(68-79-81(75,76)78-66-65-72(3,4)5)67-77-70(73)63-61-59-57-55-53-51-49-47-45-43-29-27-25-23-21-19-17-15-13-11-9-7-2/h24,26,69H,6-23,25,27-68H2,1-5H3/b26-24-. The Kier molecular flexibility index (Phi) is 62.3. The van der Waals surface area contributed by atoms with E-state index in [-0.39, 0.29) is 32.0 Å². The molecule has 0 spiro atoms. The minimum Gasteiger partial charge on any atom is -0.756 e. The first-order valence-electron chi connectivity index (χ1n) is 35.9. The van der Waals surface area contributed by atoms with Crippen molar-refractivity contribution in [3.63, 3.8) is 0 Å². The third-order valence-corrected chi connectivity index (χ3v) is 17.5. The average molecular weight is 1170 g/mol. The number of carbonyl (C=O) groups is 2. The van der Waals surface area contributed by atoms with Crippen LogP contribution in [0.5, 0.6) is 0 Å². The second kappa shape index (κ2) is 63.3. The van der Waals surface area contributed by atoms with Gasteiger partial charge in [0.2, 0.25) is 0 Å². The van der Waals surface area contributed by atoms with E-state index >= 15 is 0 Å². The van der Waals surface area contributed by atoms with Gasteiger partial charge in [0.1, 0.15) is 19.8 Å². The number of esters is 2. The van der Waals surface area contributed by atoms with Crippen molar-refractivity contribution in [2.45, 2.75) is 386 Å². The van der Waals surface area contributed by atoms with E-state index in [1.807, 2.05) is 21.1 Å². The molecular weight excluding hydrogens is 1030 g/mol. The number of allylic oxidation sites excluding steroid dienone is 2. The molecule has 0 bridgehead atoms. The lowest BCUT2D eigenvalue weighted by Crippen LogP contribution is -2.37. The normalized spacial score (nSPS) is 13.1. The molecule has 482 valence electrons. The van der Waals surface area contributed by atoms with E-state index in [1.165, 1.54) is 315 Å². The Morgan fingerprint density at radius 3 is 0.914 bits per heavy atom. The van der Waals surface area contributed by atoms with E-state index in [2.05, 4.69) is 26.0 Å². The van der Waals surface area contributed by atoms with Crippen molar-refractivity contribution in [2.75, 3.05) is 47.5 Å². The second-order valence-corrected chi connectivity index (χ2v) is 27.4. The Morgan fingerprint density at radius 1 is 0.370 bits per heavy atom. The number of rotatable bonds is 68. The molecule has 0 aromatic carbocycles. The van der Waals surface area contributed by atoms with Crippen LogP contribution in [0.1, 0.15) is 380 Å². The average Bonchev–Trinajstić information content (AvgIpc) is 3.43. The summed E-state index contributed by atoms with van der Waals surface area (Å²) in [5.74, 6) is -0.806. The van der Waals surface area contributed by atoms with Gasteiger partial charge in [-0.3, -0.25) is 14.2 Å². The number of ether oxygens (including phenoxy) is 2. The Hall–Kier alpha value is -1.25. The van der Waals surface area contributed by atoms with E-state index in [9.17, 15) is 19.0 Å². The molecule has 0 rings (SSSR count). The fraction of sp³-hybridized carbons (Fsp3) is 0.944. The number of phosphoric acid groups is 1. The van der Waals surface area contributed by atoms with Gasteiger partial charge in [0.25, 0.3) is 7.82 Å². The van der Waals surface area contributed by atoms with Gasteiger partial charge < -0.3 is 27.9 Å². The zero-order valence-corrected chi connectivity index (χ0v) is 55.9. The lowest BCUT2D eigenvalue weighted by molar-refractivity contribution is -0.870. The fourth-order valence-corrected chi connectivity index (χ4v) is 11.7. The van der Waals surface area contributed by atoms with Crippen LogP contribution < -0.4 is 4.89 Å². The van der Waals surface area contributed by atoms with Gasteiger partial charge in [-0.25, -0.2) is 0 Å². The molecule has 0 heterocycles. The number of hydrogen-bond acceptors (Lipinski definition) is 8. The number of unbranched alkanes of at least 4 members (excludes halogenated alkanes) is 52. The monoisotopic (exact) mass is 1170 g/mol. The lowest BCUT2D eigenvalue weighted by atomic mass is 10.0. The van der Waals surface area contributed by atoms with Gasteiger partial charge in [-0.2, -0.15) is 0 Å². The molecule has 0 aromatic heterocycles. The first kappa shape index (κ1) is 79.8. The van der Waals surface area contributed by atoms with Gasteiger partial charge in [0, 0.05) is 12.8 Å². The Balaban J connectivity index is 3.93. The molecule has 0 fully saturated rings. The molecule has 0 aromatic rings. The maximum atomic E-state index is 12.9. The number of carbonyl (C=O) groups excluding carboxylic acids is 2. The van der Waals surface area contributed by atoms with E-state index in [0.717, 1.165) is 32.1 Å². The Morgan fingerprint density at radius 2 is 0.630 bits per heavy atom. The molecule has 2 atom stereocenters. The maximum absolute atomic E-state index is 12.9. The van der Waals surface area contributed by atoms with E-state index in [0.29, 0.717) is 17.4 Å². The van der Waals surface area contributed by atoms with Crippen molar-refractivity contribution >= 4 is 19.8 Å². The molecule has 0 radical (unpaired) electrons. The molecule has 0 aliphatic carbocycles. The zero-order valence-electron chi connectivity index (χ0n) is 55.0. The van der Waals surface area contributed by atoms with Gasteiger partial charge in [-0.1, -0.05) is 341 Å². The van der Waals surface area contributed by atoms with Crippen molar-refractivity contribution < 1.29 is 42.1 Å². The minimum absolute atomic E-state index is 0.0256. The van der Waals surface area contributed by atoms with Crippen molar-refractivity contribution in [1.29, 1.82) is 0 Å². The van der Waals surface area contributed by atoms with Crippen LogP contribution in [0, 0.1) is 0 Å². The summed E-state index contributed by atoms with van der Waals surface area (Å²) < 4.78 is 34.3. The number of hydrogen-bond donors (Lipinski definition) is 0. The summed E-state index contributed by atoms with van der Waals surface area (Å²) in [4.78, 5) is 38.0. The summed E-state index contributed by atoms with van der Waals surface area (Å²) in [6.07, 6.45) is 77.4. The molecule has 0 N–H and O–H groups in total. The highest BCUT2D eigenvalue weighted by atomic mass is 31.2. The van der Waals surface area contributed by atoms with Crippen molar-refractivity contribution in [2.24, 2.45) is 0 Å². The quantitative estimate of drug-likeness (QED) is 0.0195. The first-order valence-corrected chi connectivity index (χ1v) is 37.4. The third kappa shape index (κ3) is 67.7. The molecule has 10 heteroatoms. The molecule has 0 aliphatic rings. The van der Waals surface area contributed by atoms with Crippen LogP contribution in [0.2, 0.25) is 0 Å². The summed E-state index contributed by atoms with van der Waals surface area (Å²) in [5.41, 5.74) is 0. The van der Waals surface area contributed by atoms with Crippen molar-refractivity contribution in [3.05, 3.63) is 12.2 Å². The topological polar surface area (TPSA) is 111 Å². The maximum Gasteiger partial charge on any atom is 0.306 e. The number of quaternary nitrogens is 1. The number of phosphoric ester groups is 1. The molecule has 0 saturated heterocycles. The molecule has 0 aliphatic heterocycles. The van der Waals surface area contributed by atoms with Crippen LogP contribution in [0.4, 0.5) is 0 Å². The van der Waals surface area contributed by atoms with Gasteiger partial charge in [-0.15, -0.1) is 0 Å². The zero-order chi connectivity index (χ0) is 59.1. The molecule has 9 nitrogen and oxygen atoms in total. The third-order valence-electron chi connectivity index (χ3n) is 16.5. The lowest BCUT2D eigenvalue weighted by Gasteiger charge is -2.28. The largest absolute Gasteiger partial charge is 0.756 e. The fourth-order valence-electron chi connectivity index (χ4n) is 11.0. The summed E-state index contributed by atoms with van der Waals surface area (Å²) in [7, 11) is 1.19. The number of likely N-dealkylation sites (N-methyl/N-ethyl adjacent to an activating group) is 1. The van der Waals surface area contributed by atoms with Gasteiger partial charge in [0.15, 0.2) is 6.10 Å². The van der Waals surface area contributed by atoms with Gasteiger partial charge >= 0.3 is 11.9 Å². The van der Waals surface area contributed by atoms with E-state index < -0.39 is 26.5 Å². The van der Waals surface area contributed by atoms with Gasteiger partial charge in [-0.05, 0) is 38.5 Å². The predicted molar refractivity (Wildman–Crippen MR) is 347 cm³/mol. The molecule has 81 heavy (non-hydrogen) atoms. The molecular formula is C71H140NO8P. The number of nitrogens with zero attached hydrogens (tertiary/aromatic N) is 1. The molecule has 0 amide bonds. The molecule has 2 unspecified atom stereocenters. The predicted octanol–water partition coefficient (Wildman–Crippen LogP) is 22.5. The summed E-state index contributed by atoms with van der Waals surface area (Å²) in [6, 6.07) is 0. The summed E-state index contributed by atoms with van der Waals surface area (Å²) in [6.45, 7) is 4.33.